The maximum atomic E-state index is 5.67. The normalized spacial score (nSPS) is 11.0. The topological polar surface area (TPSA) is 61.7 Å². The lowest BCUT2D eigenvalue weighted by atomic mass is 10.2. The largest absolute Gasteiger partial charge is 0.344 e. The highest BCUT2D eigenvalue weighted by Crippen LogP contribution is 2.11. The molecule has 0 spiro atoms. The summed E-state index contributed by atoms with van der Waals surface area (Å²) in [6, 6.07) is 2.07. The van der Waals surface area contributed by atoms with Crippen LogP contribution in [0.5, 0.6) is 0 Å². The molecule has 0 fully saturated rings. The number of rotatable bonds is 5. The van der Waals surface area contributed by atoms with Gasteiger partial charge in [0.05, 0.1) is 6.54 Å². The molecule has 0 aliphatic carbocycles. The van der Waals surface area contributed by atoms with E-state index < -0.39 is 0 Å². The molecule has 5 heteroatoms. The third kappa shape index (κ3) is 2.39. The highest BCUT2D eigenvalue weighted by atomic mass is 15.3. The Morgan fingerprint density at radius 3 is 2.88 bits per heavy atom. The predicted molar refractivity (Wildman–Crippen MR) is 66.5 cm³/mol. The van der Waals surface area contributed by atoms with Crippen LogP contribution in [0.2, 0.25) is 0 Å². The van der Waals surface area contributed by atoms with Gasteiger partial charge in [0.1, 0.15) is 12.2 Å². The summed E-state index contributed by atoms with van der Waals surface area (Å²) in [7, 11) is 0. The molecule has 0 aliphatic rings. The third-order valence-corrected chi connectivity index (χ3v) is 3.01. The predicted octanol–water partition coefficient (Wildman–Crippen LogP) is 1.31. The van der Waals surface area contributed by atoms with Crippen molar-refractivity contribution in [3.8, 4) is 0 Å². The van der Waals surface area contributed by atoms with Crippen molar-refractivity contribution >= 4 is 0 Å². The van der Waals surface area contributed by atoms with E-state index in [0.29, 0.717) is 6.54 Å². The number of aromatic nitrogens is 4. The average molecular weight is 233 g/mol. The van der Waals surface area contributed by atoms with E-state index in [4.69, 9.17) is 5.73 Å². The van der Waals surface area contributed by atoms with Crippen LogP contribution in [0.25, 0.3) is 0 Å². The Morgan fingerprint density at radius 1 is 1.41 bits per heavy atom. The van der Waals surface area contributed by atoms with Crippen molar-refractivity contribution in [3.63, 3.8) is 0 Å². The van der Waals surface area contributed by atoms with E-state index in [-0.39, 0.29) is 0 Å². The zero-order valence-electron chi connectivity index (χ0n) is 10.4. The van der Waals surface area contributed by atoms with E-state index in [1.807, 2.05) is 4.68 Å². The first-order valence-electron chi connectivity index (χ1n) is 5.97. The number of nitrogens with two attached hydrogens (primary N) is 1. The van der Waals surface area contributed by atoms with E-state index >= 15 is 0 Å². The molecule has 2 N–H and O–H groups in total. The molecular formula is C12H19N5. The van der Waals surface area contributed by atoms with Gasteiger partial charge < -0.3 is 10.3 Å². The lowest BCUT2D eigenvalue weighted by Crippen LogP contribution is -2.11. The minimum Gasteiger partial charge on any atom is -0.344 e. The van der Waals surface area contributed by atoms with E-state index in [9.17, 15) is 0 Å². The minimum absolute atomic E-state index is 0.584. The second kappa shape index (κ2) is 5.14. The Balaban J connectivity index is 2.19. The Labute approximate surface area is 101 Å². The van der Waals surface area contributed by atoms with Gasteiger partial charge in [0, 0.05) is 25.0 Å². The van der Waals surface area contributed by atoms with Gasteiger partial charge in [-0.15, -0.1) is 0 Å². The highest BCUT2D eigenvalue weighted by molar-refractivity contribution is 5.21. The van der Waals surface area contributed by atoms with Gasteiger partial charge in [0.2, 0.25) is 0 Å². The molecule has 2 rings (SSSR count). The monoisotopic (exact) mass is 233 g/mol. The van der Waals surface area contributed by atoms with Gasteiger partial charge in [-0.25, -0.2) is 9.67 Å². The van der Waals surface area contributed by atoms with Gasteiger partial charge in [-0.2, -0.15) is 5.10 Å². The van der Waals surface area contributed by atoms with Crippen molar-refractivity contribution in [1.82, 2.24) is 19.3 Å². The van der Waals surface area contributed by atoms with E-state index in [1.54, 1.807) is 6.33 Å². The average Bonchev–Trinajstić information content (AvgIpc) is 2.89. The second-order valence-electron chi connectivity index (χ2n) is 4.16. The van der Waals surface area contributed by atoms with Crippen LogP contribution in [0.3, 0.4) is 0 Å². The number of hydrogen-bond acceptors (Lipinski definition) is 3. The first kappa shape index (κ1) is 11.9. The molecule has 17 heavy (non-hydrogen) atoms. The molecule has 2 aromatic heterocycles. The molecule has 0 aromatic carbocycles. The SMILES string of the molecule is CCCn1ncnc1Cn1ccc(CN)c1C. The Hall–Kier alpha value is -1.62. The van der Waals surface area contributed by atoms with Crippen molar-refractivity contribution < 1.29 is 0 Å². The van der Waals surface area contributed by atoms with E-state index in [0.717, 1.165) is 25.3 Å². The van der Waals surface area contributed by atoms with Gasteiger partial charge in [-0.05, 0) is 25.0 Å². The van der Waals surface area contributed by atoms with E-state index in [1.165, 1.54) is 11.3 Å². The maximum absolute atomic E-state index is 5.67. The van der Waals surface area contributed by atoms with Crippen molar-refractivity contribution in [3.05, 3.63) is 35.7 Å². The first-order chi connectivity index (χ1) is 8.26. The Kier molecular flexibility index (Phi) is 3.58. The second-order valence-corrected chi connectivity index (χ2v) is 4.16. The third-order valence-electron chi connectivity index (χ3n) is 3.01. The molecule has 0 aliphatic heterocycles. The fourth-order valence-electron chi connectivity index (χ4n) is 1.95. The number of aryl methyl sites for hydroxylation is 1. The molecule has 2 aromatic rings. The molecule has 92 valence electrons. The standard InChI is InChI=1S/C12H19N5/c1-3-5-17-12(14-9-15-17)8-16-6-4-11(7-13)10(16)2/h4,6,9H,3,5,7-8,13H2,1-2H3. The van der Waals surface area contributed by atoms with Crippen LogP contribution in [0.15, 0.2) is 18.6 Å². The van der Waals surface area contributed by atoms with Crippen LogP contribution in [0.4, 0.5) is 0 Å². The maximum Gasteiger partial charge on any atom is 0.146 e. The lowest BCUT2D eigenvalue weighted by Gasteiger charge is -2.08. The van der Waals surface area contributed by atoms with Gasteiger partial charge in [-0.1, -0.05) is 6.92 Å². The summed E-state index contributed by atoms with van der Waals surface area (Å²) < 4.78 is 4.12. The van der Waals surface area contributed by atoms with Crippen molar-refractivity contribution in [2.24, 2.45) is 5.73 Å². The summed E-state index contributed by atoms with van der Waals surface area (Å²) in [5.74, 6) is 0.995. The van der Waals surface area contributed by atoms with Gasteiger partial charge >= 0.3 is 0 Å². The van der Waals surface area contributed by atoms with Crippen molar-refractivity contribution in [2.75, 3.05) is 0 Å². The molecule has 0 unspecified atom stereocenters. The molecule has 0 amide bonds. The summed E-state index contributed by atoms with van der Waals surface area (Å²) in [5, 5.41) is 4.23. The molecule has 0 saturated heterocycles. The molecule has 0 radical (unpaired) electrons. The van der Waals surface area contributed by atoms with Gasteiger partial charge in [-0.3, -0.25) is 0 Å². The Morgan fingerprint density at radius 2 is 2.24 bits per heavy atom. The first-order valence-corrected chi connectivity index (χ1v) is 5.97. The van der Waals surface area contributed by atoms with Gasteiger partial charge in [0.15, 0.2) is 0 Å². The fourth-order valence-corrected chi connectivity index (χ4v) is 1.95. The van der Waals surface area contributed by atoms with E-state index in [2.05, 4.69) is 40.8 Å². The fraction of sp³-hybridized carbons (Fsp3) is 0.500. The zero-order chi connectivity index (χ0) is 12.3. The van der Waals surface area contributed by atoms with Crippen LogP contribution < -0.4 is 5.73 Å². The zero-order valence-corrected chi connectivity index (χ0v) is 10.4. The summed E-state index contributed by atoms with van der Waals surface area (Å²) in [6.45, 7) is 6.48. The van der Waals surface area contributed by atoms with Gasteiger partial charge in [0.25, 0.3) is 0 Å². The minimum atomic E-state index is 0.584. The summed E-state index contributed by atoms with van der Waals surface area (Å²) in [5.41, 5.74) is 8.06. The number of nitrogens with zero attached hydrogens (tertiary/aromatic N) is 4. The summed E-state index contributed by atoms with van der Waals surface area (Å²) >= 11 is 0. The van der Waals surface area contributed by atoms with Crippen LogP contribution in [-0.2, 0) is 19.6 Å². The molecule has 0 atom stereocenters. The van der Waals surface area contributed by atoms with Crippen LogP contribution in [0.1, 0.15) is 30.4 Å². The molecular weight excluding hydrogens is 214 g/mol. The quantitative estimate of drug-likeness (QED) is 0.847. The lowest BCUT2D eigenvalue weighted by molar-refractivity contribution is 0.552. The van der Waals surface area contributed by atoms with Crippen LogP contribution in [-0.4, -0.2) is 19.3 Å². The Bertz CT molecular complexity index is 483. The molecule has 0 bridgehead atoms. The highest BCUT2D eigenvalue weighted by Gasteiger charge is 2.07. The molecule has 0 saturated carbocycles. The molecule has 2 heterocycles. The smallest absolute Gasteiger partial charge is 0.146 e. The molecule has 5 nitrogen and oxygen atoms in total. The van der Waals surface area contributed by atoms with Crippen LogP contribution >= 0.6 is 0 Å². The number of hydrogen-bond donors (Lipinski definition) is 1. The summed E-state index contributed by atoms with van der Waals surface area (Å²) in [4.78, 5) is 4.31. The van der Waals surface area contributed by atoms with Crippen molar-refractivity contribution in [2.45, 2.75) is 39.9 Å². The summed E-state index contributed by atoms with van der Waals surface area (Å²) in [6.07, 6.45) is 4.74. The van der Waals surface area contributed by atoms with Crippen molar-refractivity contribution in [1.29, 1.82) is 0 Å². The van der Waals surface area contributed by atoms with Crippen LogP contribution in [0, 0.1) is 6.92 Å².